The van der Waals surface area contributed by atoms with Crippen molar-refractivity contribution in [2.75, 3.05) is 6.61 Å². The quantitative estimate of drug-likeness (QED) is 0.902. The fourth-order valence-electron chi connectivity index (χ4n) is 1.83. The van der Waals surface area contributed by atoms with Crippen molar-refractivity contribution in [2.24, 2.45) is 0 Å². The van der Waals surface area contributed by atoms with Gasteiger partial charge in [-0.25, -0.2) is 4.98 Å². The molecule has 1 aromatic carbocycles. The Bertz CT molecular complexity index is 617. The number of aromatic nitrogens is 2. The molecule has 0 saturated carbocycles. The van der Waals surface area contributed by atoms with E-state index in [-0.39, 0.29) is 5.56 Å². The van der Waals surface area contributed by atoms with E-state index in [1.807, 2.05) is 31.2 Å². The van der Waals surface area contributed by atoms with Gasteiger partial charge in [-0.05, 0) is 32.9 Å². The van der Waals surface area contributed by atoms with Crippen LogP contribution >= 0.6 is 0 Å². The van der Waals surface area contributed by atoms with Gasteiger partial charge in [0, 0.05) is 11.1 Å². The zero-order valence-electron chi connectivity index (χ0n) is 10.8. The van der Waals surface area contributed by atoms with Crippen LogP contribution in [0.5, 0.6) is 5.75 Å². The van der Waals surface area contributed by atoms with Crippen LogP contribution in [0, 0.1) is 13.8 Å². The number of aromatic amines is 1. The number of nitrogens with zero attached hydrogens (tertiary/aromatic N) is 1. The van der Waals surface area contributed by atoms with Crippen molar-refractivity contribution < 1.29 is 4.74 Å². The fourth-order valence-corrected chi connectivity index (χ4v) is 1.83. The summed E-state index contributed by atoms with van der Waals surface area (Å²) in [5, 5.41) is 0. The molecule has 18 heavy (non-hydrogen) atoms. The minimum atomic E-state index is -0.0979. The number of H-pyrrole nitrogens is 1. The third-order valence-corrected chi connectivity index (χ3v) is 2.69. The monoisotopic (exact) mass is 244 g/mol. The van der Waals surface area contributed by atoms with E-state index in [0.717, 1.165) is 11.3 Å². The third-order valence-electron chi connectivity index (χ3n) is 2.69. The number of hydrogen-bond donors (Lipinski definition) is 1. The summed E-state index contributed by atoms with van der Waals surface area (Å²) in [5.41, 5.74) is 2.12. The molecule has 4 heteroatoms. The molecule has 0 bridgehead atoms. The average Bonchev–Trinajstić information content (AvgIpc) is 2.34. The summed E-state index contributed by atoms with van der Waals surface area (Å²) in [6.07, 6.45) is 0. The molecule has 0 aliphatic carbocycles. The maximum absolute atomic E-state index is 11.7. The molecule has 0 unspecified atom stereocenters. The van der Waals surface area contributed by atoms with Crippen LogP contribution < -0.4 is 10.3 Å². The van der Waals surface area contributed by atoms with Crippen molar-refractivity contribution in [1.82, 2.24) is 9.97 Å². The minimum absolute atomic E-state index is 0.0979. The summed E-state index contributed by atoms with van der Waals surface area (Å²) >= 11 is 0. The molecule has 1 aromatic heterocycles. The van der Waals surface area contributed by atoms with Gasteiger partial charge in [-0.1, -0.05) is 12.1 Å². The van der Waals surface area contributed by atoms with E-state index in [4.69, 9.17) is 4.74 Å². The van der Waals surface area contributed by atoms with E-state index in [0.29, 0.717) is 23.7 Å². The minimum Gasteiger partial charge on any atom is -0.494 e. The van der Waals surface area contributed by atoms with Crippen LogP contribution in [0.25, 0.3) is 11.3 Å². The summed E-state index contributed by atoms with van der Waals surface area (Å²) in [4.78, 5) is 18.8. The Balaban J connectivity index is 2.54. The Morgan fingerprint density at radius 3 is 2.83 bits per heavy atom. The fraction of sp³-hybridized carbons (Fsp3) is 0.286. The molecule has 0 spiro atoms. The van der Waals surface area contributed by atoms with Crippen LogP contribution in [-0.4, -0.2) is 16.6 Å². The van der Waals surface area contributed by atoms with Gasteiger partial charge in [-0.15, -0.1) is 0 Å². The second-order valence-electron chi connectivity index (χ2n) is 4.09. The largest absolute Gasteiger partial charge is 0.494 e. The first kappa shape index (κ1) is 12.4. The molecular formula is C14H16N2O2. The third kappa shape index (κ3) is 2.42. The zero-order valence-corrected chi connectivity index (χ0v) is 10.8. The van der Waals surface area contributed by atoms with E-state index in [2.05, 4.69) is 9.97 Å². The number of hydrogen-bond acceptors (Lipinski definition) is 3. The van der Waals surface area contributed by atoms with Crippen molar-refractivity contribution in [3.05, 3.63) is 46.0 Å². The van der Waals surface area contributed by atoms with E-state index < -0.39 is 0 Å². The molecule has 2 aromatic rings. The predicted octanol–water partition coefficient (Wildman–Crippen LogP) is 2.45. The summed E-state index contributed by atoms with van der Waals surface area (Å²) in [6, 6.07) is 7.62. The van der Waals surface area contributed by atoms with Crippen molar-refractivity contribution in [2.45, 2.75) is 20.8 Å². The molecule has 0 amide bonds. The zero-order chi connectivity index (χ0) is 13.1. The highest BCUT2D eigenvalue weighted by Gasteiger charge is 2.08. The lowest BCUT2D eigenvalue weighted by Crippen LogP contribution is -2.14. The van der Waals surface area contributed by atoms with E-state index in [1.54, 1.807) is 13.8 Å². The molecule has 0 atom stereocenters. The molecule has 2 rings (SSSR count). The van der Waals surface area contributed by atoms with Gasteiger partial charge in [0.1, 0.15) is 11.6 Å². The number of benzene rings is 1. The molecule has 0 fully saturated rings. The predicted molar refractivity (Wildman–Crippen MR) is 70.9 cm³/mol. The van der Waals surface area contributed by atoms with Gasteiger partial charge in [-0.2, -0.15) is 0 Å². The average molecular weight is 244 g/mol. The maximum Gasteiger partial charge on any atom is 0.254 e. The van der Waals surface area contributed by atoms with E-state index in [9.17, 15) is 4.79 Å². The van der Waals surface area contributed by atoms with Crippen molar-refractivity contribution >= 4 is 0 Å². The van der Waals surface area contributed by atoms with Crippen molar-refractivity contribution in [3.63, 3.8) is 0 Å². The van der Waals surface area contributed by atoms with Gasteiger partial charge in [0.25, 0.3) is 5.56 Å². The Labute approximate surface area is 106 Å². The number of ether oxygens (including phenoxy) is 1. The SMILES string of the molecule is CCOc1cccc(-c2nc(C)[nH]c(=O)c2C)c1. The van der Waals surface area contributed by atoms with Crippen LogP contribution in [0.3, 0.4) is 0 Å². The second-order valence-corrected chi connectivity index (χ2v) is 4.09. The van der Waals surface area contributed by atoms with Crippen LogP contribution in [0.15, 0.2) is 29.1 Å². The lowest BCUT2D eigenvalue weighted by atomic mass is 10.1. The standard InChI is InChI=1S/C14H16N2O2/c1-4-18-12-7-5-6-11(8-12)13-9(2)14(17)16-10(3)15-13/h5-8H,4H2,1-3H3,(H,15,16,17). The first-order chi connectivity index (χ1) is 8.61. The van der Waals surface area contributed by atoms with Gasteiger partial charge in [0.15, 0.2) is 0 Å². The topological polar surface area (TPSA) is 55.0 Å². The van der Waals surface area contributed by atoms with Crippen LogP contribution in [0.2, 0.25) is 0 Å². The van der Waals surface area contributed by atoms with Crippen LogP contribution in [0.4, 0.5) is 0 Å². The summed E-state index contributed by atoms with van der Waals surface area (Å²) < 4.78 is 5.45. The Morgan fingerprint density at radius 1 is 1.33 bits per heavy atom. The Hall–Kier alpha value is -2.10. The lowest BCUT2D eigenvalue weighted by molar-refractivity contribution is 0.340. The molecule has 1 heterocycles. The van der Waals surface area contributed by atoms with Crippen LogP contribution in [0.1, 0.15) is 18.3 Å². The highest BCUT2D eigenvalue weighted by molar-refractivity contribution is 5.64. The summed E-state index contributed by atoms with van der Waals surface area (Å²) in [7, 11) is 0. The van der Waals surface area contributed by atoms with E-state index in [1.165, 1.54) is 0 Å². The highest BCUT2D eigenvalue weighted by atomic mass is 16.5. The molecule has 1 N–H and O–H groups in total. The van der Waals surface area contributed by atoms with Gasteiger partial charge in [0.2, 0.25) is 0 Å². The van der Waals surface area contributed by atoms with Crippen molar-refractivity contribution in [3.8, 4) is 17.0 Å². The molecule has 0 aliphatic rings. The Morgan fingerprint density at radius 2 is 2.11 bits per heavy atom. The van der Waals surface area contributed by atoms with Gasteiger partial charge in [-0.3, -0.25) is 4.79 Å². The summed E-state index contributed by atoms with van der Waals surface area (Å²) in [5.74, 6) is 1.40. The summed E-state index contributed by atoms with van der Waals surface area (Å²) in [6.45, 7) is 6.10. The van der Waals surface area contributed by atoms with Gasteiger partial charge >= 0.3 is 0 Å². The maximum atomic E-state index is 11.7. The van der Waals surface area contributed by atoms with E-state index >= 15 is 0 Å². The Kier molecular flexibility index (Phi) is 3.46. The van der Waals surface area contributed by atoms with Gasteiger partial charge in [0.05, 0.1) is 12.3 Å². The molecule has 0 radical (unpaired) electrons. The van der Waals surface area contributed by atoms with Crippen molar-refractivity contribution in [1.29, 1.82) is 0 Å². The number of rotatable bonds is 3. The second kappa shape index (κ2) is 5.04. The number of nitrogens with one attached hydrogen (secondary N) is 1. The first-order valence-corrected chi connectivity index (χ1v) is 5.92. The molecular weight excluding hydrogens is 228 g/mol. The normalized spacial score (nSPS) is 10.4. The number of aryl methyl sites for hydroxylation is 1. The highest BCUT2D eigenvalue weighted by Crippen LogP contribution is 2.23. The molecule has 94 valence electrons. The lowest BCUT2D eigenvalue weighted by Gasteiger charge is -2.08. The van der Waals surface area contributed by atoms with Crippen LogP contribution in [-0.2, 0) is 0 Å². The smallest absolute Gasteiger partial charge is 0.254 e. The first-order valence-electron chi connectivity index (χ1n) is 5.92. The molecule has 4 nitrogen and oxygen atoms in total. The molecule has 0 aliphatic heterocycles. The molecule has 0 saturated heterocycles. The van der Waals surface area contributed by atoms with Gasteiger partial charge < -0.3 is 9.72 Å².